The molecule has 0 aliphatic carbocycles. The smallest absolute Gasteiger partial charge is 0.191 e. The topological polar surface area (TPSA) is 58.8 Å². The fourth-order valence-corrected chi connectivity index (χ4v) is 2.09. The molecule has 5 heteroatoms. The molecule has 0 radical (unpaired) electrons. The number of nitrogens with zero attached hydrogens (tertiary/aromatic N) is 1. The van der Waals surface area contributed by atoms with Crippen LogP contribution in [0.1, 0.15) is 16.9 Å². The van der Waals surface area contributed by atoms with Crippen molar-refractivity contribution in [2.75, 3.05) is 20.7 Å². The largest absolute Gasteiger partial charge is 0.469 e. The van der Waals surface area contributed by atoms with Gasteiger partial charge in [0.15, 0.2) is 5.96 Å². The summed E-state index contributed by atoms with van der Waals surface area (Å²) in [5.41, 5.74) is 2.38. The summed E-state index contributed by atoms with van der Waals surface area (Å²) in [6.45, 7) is 2.15. The van der Waals surface area contributed by atoms with E-state index in [0.717, 1.165) is 31.2 Å². The van der Waals surface area contributed by atoms with Crippen molar-refractivity contribution in [3.63, 3.8) is 0 Å². The maximum Gasteiger partial charge on any atom is 0.191 e. The van der Waals surface area contributed by atoms with Gasteiger partial charge in [-0.1, -0.05) is 24.3 Å². The van der Waals surface area contributed by atoms with E-state index in [2.05, 4.69) is 39.9 Å². The number of aliphatic imine (C=N–C) groups is 1. The first kappa shape index (κ1) is 16.1. The van der Waals surface area contributed by atoms with Gasteiger partial charge in [0.25, 0.3) is 0 Å². The normalized spacial score (nSPS) is 11.5. The van der Waals surface area contributed by atoms with Crippen LogP contribution in [0.2, 0.25) is 0 Å². The fraction of sp³-hybridized carbons (Fsp3) is 0.353. The van der Waals surface area contributed by atoms with Crippen molar-refractivity contribution in [1.82, 2.24) is 10.6 Å². The minimum Gasteiger partial charge on any atom is -0.469 e. The number of methoxy groups -OCH3 is 1. The minimum absolute atomic E-state index is 0.643. The Balaban J connectivity index is 1.73. The number of nitrogens with one attached hydrogen (secondary N) is 2. The number of hydrogen-bond acceptors (Lipinski definition) is 3. The summed E-state index contributed by atoms with van der Waals surface area (Å²) in [6, 6.07) is 12.2. The van der Waals surface area contributed by atoms with Crippen LogP contribution >= 0.6 is 0 Å². The van der Waals surface area contributed by atoms with Gasteiger partial charge in [0, 0.05) is 33.7 Å². The molecule has 0 atom stereocenters. The molecule has 0 unspecified atom stereocenters. The Labute approximate surface area is 131 Å². The lowest BCUT2D eigenvalue weighted by Crippen LogP contribution is -2.37. The molecule has 1 heterocycles. The summed E-state index contributed by atoms with van der Waals surface area (Å²) in [4.78, 5) is 4.21. The number of hydrogen-bond donors (Lipinski definition) is 2. The lowest BCUT2D eigenvalue weighted by atomic mass is 10.1. The number of rotatable bonds is 7. The second kappa shape index (κ2) is 8.89. The van der Waals surface area contributed by atoms with Gasteiger partial charge in [0.05, 0.1) is 12.9 Å². The Hall–Kier alpha value is -2.27. The molecule has 0 amide bonds. The minimum atomic E-state index is 0.643. The van der Waals surface area contributed by atoms with Crippen molar-refractivity contribution in [3.8, 4) is 0 Å². The lowest BCUT2D eigenvalue weighted by molar-refractivity contribution is 0.185. The Morgan fingerprint density at radius 3 is 2.55 bits per heavy atom. The van der Waals surface area contributed by atoms with Crippen molar-refractivity contribution in [2.45, 2.75) is 19.6 Å². The van der Waals surface area contributed by atoms with Gasteiger partial charge >= 0.3 is 0 Å². The van der Waals surface area contributed by atoms with E-state index in [-0.39, 0.29) is 0 Å². The van der Waals surface area contributed by atoms with E-state index in [0.29, 0.717) is 6.61 Å². The summed E-state index contributed by atoms with van der Waals surface area (Å²) in [5.74, 6) is 1.75. The standard InChI is InChI=1S/C17H23N3O2/c1-18-17(19-10-9-16-4-3-11-22-16)20-12-14-5-7-15(8-6-14)13-21-2/h3-8,11H,9-10,12-13H2,1-2H3,(H2,18,19,20). The Morgan fingerprint density at radius 2 is 1.91 bits per heavy atom. The van der Waals surface area contributed by atoms with Gasteiger partial charge in [-0.15, -0.1) is 0 Å². The molecule has 22 heavy (non-hydrogen) atoms. The van der Waals surface area contributed by atoms with E-state index < -0.39 is 0 Å². The zero-order valence-corrected chi connectivity index (χ0v) is 13.1. The van der Waals surface area contributed by atoms with Gasteiger partial charge in [-0.05, 0) is 23.3 Å². The third-order valence-electron chi connectivity index (χ3n) is 3.26. The van der Waals surface area contributed by atoms with Crippen LogP contribution in [-0.2, 0) is 24.3 Å². The first-order valence-electron chi connectivity index (χ1n) is 7.35. The molecule has 5 nitrogen and oxygen atoms in total. The average molecular weight is 301 g/mol. The van der Waals surface area contributed by atoms with Gasteiger partial charge in [-0.25, -0.2) is 0 Å². The number of guanidine groups is 1. The SMILES string of the molecule is CN=C(NCCc1ccco1)NCc1ccc(COC)cc1. The van der Waals surface area contributed by atoms with Crippen LogP contribution in [0.5, 0.6) is 0 Å². The molecule has 2 aromatic rings. The van der Waals surface area contributed by atoms with Crippen LogP contribution in [0.25, 0.3) is 0 Å². The van der Waals surface area contributed by atoms with E-state index in [1.807, 2.05) is 12.1 Å². The van der Waals surface area contributed by atoms with E-state index >= 15 is 0 Å². The second-order valence-corrected chi connectivity index (χ2v) is 4.93. The molecular weight excluding hydrogens is 278 g/mol. The summed E-state index contributed by atoms with van der Waals surface area (Å²) < 4.78 is 10.4. The van der Waals surface area contributed by atoms with Gasteiger partial charge in [-0.3, -0.25) is 4.99 Å². The quantitative estimate of drug-likeness (QED) is 0.609. The third-order valence-corrected chi connectivity index (χ3v) is 3.26. The van der Waals surface area contributed by atoms with E-state index in [4.69, 9.17) is 9.15 Å². The van der Waals surface area contributed by atoms with Crippen LogP contribution in [0.15, 0.2) is 52.1 Å². The van der Waals surface area contributed by atoms with E-state index in [9.17, 15) is 0 Å². The molecule has 0 fully saturated rings. The predicted octanol–water partition coefficient (Wildman–Crippen LogP) is 2.33. The van der Waals surface area contributed by atoms with E-state index in [1.165, 1.54) is 11.1 Å². The summed E-state index contributed by atoms with van der Waals surface area (Å²) in [7, 11) is 3.47. The monoisotopic (exact) mass is 301 g/mol. The molecule has 0 spiro atoms. The Morgan fingerprint density at radius 1 is 1.14 bits per heavy atom. The van der Waals surface area contributed by atoms with Crippen molar-refractivity contribution in [3.05, 3.63) is 59.5 Å². The second-order valence-electron chi connectivity index (χ2n) is 4.93. The molecule has 0 bridgehead atoms. The summed E-state index contributed by atoms with van der Waals surface area (Å²) in [5, 5.41) is 6.56. The van der Waals surface area contributed by atoms with Crippen molar-refractivity contribution in [2.24, 2.45) is 4.99 Å². The molecular formula is C17H23N3O2. The van der Waals surface area contributed by atoms with Crippen LogP contribution in [0, 0.1) is 0 Å². The third kappa shape index (κ3) is 5.26. The molecule has 0 aliphatic rings. The van der Waals surface area contributed by atoms with Gasteiger partial charge in [0.1, 0.15) is 5.76 Å². The maximum absolute atomic E-state index is 5.30. The van der Waals surface area contributed by atoms with Crippen LogP contribution in [0.4, 0.5) is 0 Å². The molecule has 2 rings (SSSR count). The highest BCUT2D eigenvalue weighted by Gasteiger charge is 2.00. The molecule has 0 saturated heterocycles. The highest BCUT2D eigenvalue weighted by molar-refractivity contribution is 5.79. The van der Waals surface area contributed by atoms with Crippen molar-refractivity contribution < 1.29 is 9.15 Å². The van der Waals surface area contributed by atoms with Gasteiger partial charge < -0.3 is 19.8 Å². The van der Waals surface area contributed by atoms with E-state index in [1.54, 1.807) is 20.4 Å². The van der Waals surface area contributed by atoms with Crippen molar-refractivity contribution >= 4 is 5.96 Å². The first-order valence-corrected chi connectivity index (χ1v) is 7.35. The fourth-order valence-electron chi connectivity index (χ4n) is 2.09. The number of furan rings is 1. The predicted molar refractivity (Wildman–Crippen MR) is 87.8 cm³/mol. The molecule has 0 saturated carbocycles. The highest BCUT2D eigenvalue weighted by atomic mass is 16.5. The number of ether oxygens (including phenoxy) is 1. The Bertz CT molecular complexity index is 562. The zero-order chi connectivity index (χ0) is 15.6. The maximum atomic E-state index is 5.30. The molecule has 2 N–H and O–H groups in total. The van der Waals surface area contributed by atoms with Crippen molar-refractivity contribution in [1.29, 1.82) is 0 Å². The average Bonchev–Trinajstić information content (AvgIpc) is 3.06. The summed E-state index contributed by atoms with van der Waals surface area (Å²) >= 11 is 0. The van der Waals surface area contributed by atoms with Gasteiger partial charge in [-0.2, -0.15) is 0 Å². The van der Waals surface area contributed by atoms with Gasteiger partial charge in [0.2, 0.25) is 0 Å². The Kier molecular flexibility index (Phi) is 6.51. The number of benzene rings is 1. The lowest BCUT2D eigenvalue weighted by Gasteiger charge is -2.11. The highest BCUT2D eigenvalue weighted by Crippen LogP contribution is 2.05. The summed E-state index contributed by atoms with van der Waals surface area (Å²) in [6.07, 6.45) is 2.52. The first-order chi connectivity index (χ1) is 10.8. The zero-order valence-electron chi connectivity index (χ0n) is 13.1. The van der Waals surface area contributed by atoms with Crippen LogP contribution in [0.3, 0.4) is 0 Å². The van der Waals surface area contributed by atoms with Crippen LogP contribution < -0.4 is 10.6 Å². The molecule has 118 valence electrons. The molecule has 0 aliphatic heterocycles. The molecule has 1 aromatic carbocycles. The van der Waals surface area contributed by atoms with Crippen LogP contribution in [-0.4, -0.2) is 26.7 Å². The molecule has 1 aromatic heterocycles.